The topological polar surface area (TPSA) is 273 Å². The number of aromatic carboxylic acids is 1. The number of benzene rings is 2. The summed E-state index contributed by atoms with van der Waals surface area (Å²) in [4.78, 5) is 103. The molecule has 2 saturated heterocycles. The zero-order valence-corrected chi connectivity index (χ0v) is 47.7. The van der Waals surface area contributed by atoms with E-state index in [2.05, 4.69) is 10.2 Å². The number of nitrogens with one attached hydrogen (secondary N) is 1. The number of anilines is 1. The Morgan fingerprint density at radius 1 is 0.829 bits per heavy atom. The first-order valence-corrected chi connectivity index (χ1v) is 27.8. The number of pyridine rings is 1. The van der Waals surface area contributed by atoms with Crippen molar-refractivity contribution in [2.45, 2.75) is 123 Å². The van der Waals surface area contributed by atoms with Crippen molar-refractivity contribution in [3.05, 3.63) is 104 Å². The number of piperidine rings is 1. The number of aliphatic hydroxyl groups is 2. The first-order chi connectivity index (χ1) is 38.8. The summed E-state index contributed by atoms with van der Waals surface area (Å²) in [6.45, 7) is 14.4. The van der Waals surface area contributed by atoms with Gasteiger partial charge in [0.25, 0.3) is 11.7 Å². The molecule has 0 spiro atoms. The van der Waals surface area contributed by atoms with Gasteiger partial charge in [0.1, 0.15) is 40.2 Å². The molecule has 3 aromatic rings. The van der Waals surface area contributed by atoms with Gasteiger partial charge in [0.15, 0.2) is 11.6 Å². The van der Waals surface area contributed by atoms with Gasteiger partial charge in [-0.25, -0.2) is 9.18 Å². The highest BCUT2D eigenvalue weighted by atomic mass is 19.1. The molecule has 3 fully saturated rings. The molecule has 5 bridgehead atoms. The Labute approximate surface area is 473 Å². The number of methoxy groups -OCH3 is 2. The smallest absolute Gasteiger partial charge is 0.341 e. The van der Waals surface area contributed by atoms with Crippen LogP contribution in [-0.2, 0) is 23.8 Å². The average molecular weight is 1140 g/mol. The van der Waals surface area contributed by atoms with Crippen LogP contribution < -0.4 is 25.1 Å². The number of amides is 1. The summed E-state index contributed by atoms with van der Waals surface area (Å²) in [6.07, 6.45) is 6.95. The lowest BCUT2D eigenvalue weighted by atomic mass is 9.78. The number of phenolic OH excluding ortho intramolecular Hbond substituents is 1. The van der Waals surface area contributed by atoms with Gasteiger partial charge in [-0.05, 0) is 51.7 Å². The zero-order chi connectivity index (χ0) is 59.5. The van der Waals surface area contributed by atoms with Crippen LogP contribution in [0.4, 0.5) is 10.1 Å². The maximum absolute atomic E-state index is 16.3. The first-order valence-electron chi connectivity index (χ1n) is 27.8. The number of phenols is 1. The third-order valence-corrected chi connectivity index (χ3v) is 17.4. The van der Waals surface area contributed by atoms with Crippen molar-refractivity contribution in [1.29, 1.82) is 0 Å². The Morgan fingerprint density at radius 3 is 2.11 bits per heavy atom. The van der Waals surface area contributed by atoms with E-state index < -0.39 is 128 Å². The van der Waals surface area contributed by atoms with E-state index in [4.69, 9.17) is 23.7 Å². The van der Waals surface area contributed by atoms with E-state index in [0.29, 0.717) is 44.5 Å². The summed E-state index contributed by atoms with van der Waals surface area (Å²) in [5.41, 5.74) is -2.52. The summed E-state index contributed by atoms with van der Waals surface area (Å²) < 4.78 is 47.7. The number of allylic oxidation sites excluding steroid dienone is 4. The van der Waals surface area contributed by atoms with Gasteiger partial charge < -0.3 is 63.8 Å². The first kappa shape index (κ1) is 59.2. The predicted octanol–water partition coefficient (Wildman–Crippen LogP) is 5.74. The van der Waals surface area contributed by atoms with Gasteiger partial charge >= 0.3 is 17.7 Å². The van der Waals surface area contributed by atoms with Gasteiger partial charge in [-0.15, -0.1) is 0 Å². The quantitative estimate of drug-likeness (QED) is 0.168. The number of piperazine rings is 1. The number of carbonyl (C=O) groups excluding carboxylic acids is 5. The minimum absolute atomic E-state index is 0.0401. The molecule has 21 nitrogen and oxygen atoms in total. The Kier molecular flexibility index (Phi) is 16.7. The maximum Gasteiger partial charge on any atom is 0.341 e. The third kappa shape index (κ3) is 10.6. The summed E-state index contributed by atoms with van der Waals surface area (Å²) in [5.74, 6) is -11.7. The molecule has 22 heteroatoms. The van der Waals surface area contributed by atoms with Gasteiger partial charge in [0, 0.05) is 113 Å². The minimum atomic E-state index is -2.16. The summed E-state index contributed by atoms with van der Waals surface area (Å²) in [6, 6.07) is 0.974. The molecule has 6 heterocycles. The Morgan fingerprint density at radius 2 is 1.50 bits per heavy atom. The zero-order valence-electron chi connectivity index (χ0n) is 47.7. The molecule has 0 radical (unpaired) electrons. The van der Waals surface area contributed by atoms with Crippen molar-refractivity contribution in [3.8, 4) is 17.2 Å². The third-order valence-electron chi connectivity index (χ3n) is 17.4. The van der Waals surface area contributed by atoms with Crippen LogP contribution in [0.25, 0.3) is 10.9 Å². The molecule has 5 N–H and O–H groups in total. The van der Waals surface area contributed by atoms with Crippen molar-refractivity contribution in [2.24, 2.45) is 23.7 Å². The molecule has 2 aliphatic carbocycles. The van der Waals surface area contributed by atoms with Gasteiger partial charge in [0.05, 0.1) is 59.3 Å². The lowest BCUT2D eigenvalue weighted by Crippen LogP contribution is -2.54. The lowest BCUT2D eigenvalue weighted by Gasteiger charge is -2.44. The standard InChI is InChI=1S/C60H72FN5O16/c1-28-12-11-13-29(2)58(75)62-44-47(64-19-16-35(17-20-64)63-21-23-65(24-22-63)46-39(61)26-37-45(56(46)79-10)66(36-14-15-36)27-38(51(37)71)59(76)77)53(73)41-42(52(44)72)50(70)33(6)55-43(41)57(74)60(8,82-55)80-25-18-40(78-9)30(3)54(81-34(7)67)32(5)49(69)31(4)48(28)68/h11-13,18,25-28,30-32,35-36,40,48-49,54,68-70H,14-17,19-24H2,1-10H3,(H,62,75)(H,76,77)/b12-11+,25-18+,29-13-/t28-,30-,31-,32-,40+,48+,49+,54+,60+/m1/s1. The number of Topliss-reactive ketones (excluding diaryl/α,β-unsaturated/α-hetero) is 3. The summed E-state index contributed by atoms with van der Waals surface area (Å²) >= 11 is 0. The molecule has 10 rings (SSSR count). The van der Waals surface area contributed by atoms with Crippen LogP contribution in [-0.4, -0.2) is 160 Å². The monoisotopic (exact) mass is 1140 g/mol. The molecule has 5 aliphatic heterocycles. The van der Waals surface area contributed by atoms with Crippen molar-refractivity contribution in [2.75, 3.05) is 58.4 Å². The molecule has 1 aromatic heterocycles. The van der Waals surface area contributed by atoms with E-state index in [1.807, 2.05) is 4.90 Å². The van der Waals surface area contributed by atoms with Crippen LogP contribution in [0.2, 0.25) is 0 Å². The highest BCUT2D eigenvalue weighted by molar-refractivity contribution is 6.32. The number of rotatable bonds is 8. The Hall–Kier alpha value is -7.40. The number of hydrogen-bond acceptors (Lipinski definition) is 18. The number of halogens is 1. The molecular weight excluding hydrogens is 1070 g/mol. The number of esters is 1. The van der Waals surface area contributed by atoms with E-state index in [1.165, 1.54) is 66.5 Å². The van der Waals surface area contributed by atoms with Crippen molar-refractivity contribution in [1.82, 2.24) is 19.7 Å². The second-order valence-electron chi connectivity index (χ2n) is 22.7. The second-order valence-corrected chi connectivity index (χ2v) is 22.7. The fourth-order valence-corrected chi connectivity index (χ4v) is 12.5. The molecule has 9 atom stereocenters. The molecule has 82 heavy (non-hydrogen) atoms. The highest BCUT2D eigenvalue weighted by Crippen LogP contribution is 2.50. The van der Waals surface area contributed by atoms with Gasteiger partial charge in [0.2, 0.25) is 17.0 Å². The minimum Gasteiger partial charge on any atom is -0.507 e. The van der Waals surface area contributed by atoms with Crippen LogP contribution in [0.3, 0.4) is 0 Å². The summed E-state index contributed by atoms with van der Waals surface area (Å²) in [7, 11) is 2.81. The Bertz CT molecular complexity index is 3330. The van der Waals surface area contributed by atoms with Gasteiger partial charge in [-0.2, -0.15) is 0 Å². The van der Waals surface area contributed by atoms with E-state index in [0.717, 1.165) is 18.9 Å². The average Bonchev–Trinajstić information content (AvgIpc) is 4.46. The fourth-order valence-electron chi connectivity index (χ4n) is 12.5. The van der Waals surface area contributed by atoms with E-state index in [-0.39, 0.29) is 70.1 Å². The number of carboxylic acid groups (broad SMARTS) is 1. The molecule has 0 unspecified atom stereocenters. The second kappa shape index (κ2) is 23.1. The number of aliphatic hydroxyl groups excluding tert-OH is 2. The van der Waals surface area contributed by atoms with Gasteiger partial charge in [-0.1, -0.05) is 45.9 Å². The van der Waals surface area contributed by atoms with E-state index in [9.17, 15) is 44.4 Å². The molecule has 7 aliphatic rings. The number of likely N-dealkylation sites (tertiary alicyclic amines) is 1. The number of carbonyl (C=O) groups is 6. The van der Waals surface area contributed by atoms with Crippen LogP contribution in [0.15, 0.2) is 64.6 Å². The van der Waals surface area contributed by atoms with Crippen LogP contribution in [0.1, 0.15) is 127 Å². The number of hydrogen-bond donors (Lipinski definition) is 5. The number of carboxylic acids is 1. The number of ketones is 3. The van der Waals surface area contributed by atoms with Crippen molar-refractivity contribution < 1.29 is 77.3 Å². The molecule has 2 aromatic carbocycles. The van der Waals surface area contributed by atoms with Crippen molar-refractivity contribution >= 4 is 51.8 Å². The Balaban J connectivity index is 1.02. The summed E-state index contributed by atoms with van der Waals surface area (Å²) in [5, 5.41) is 47.4. The van der Waals surface area contributed by atoms with Crippen LogP contribution in [0, 0.1) is 36.4 Å². The number of nitrogens with zero attached hydrogens (tertiary/aromatic N) is 4. The molecule has 440 valence electrons. The molecular formula is C60H72FN5O16. The lowest BCUT2D eigenvalue weighted by molar-refractivity contribution is -0.160. The van der Waals surface area contributed by atoms with Gasteiger partial charge in [-0.3, -0.25) is 33.7 Å². The maximum atomic E-state index is 16.3. The number of fused-ring (bicyclic) bond motifs is 15. The molecule has 1 amide bonds. The number of aromatic hydroxyl groups is 1. The number of aromatic nitrogens is 1. The van der Waals surface area contributed by atoms with E-state index >= 15 is 14.0 Å². The van der Waals surface area contributed by atoms with Crippen molar-refractivity contribution in [3.63, 3.8) is 0 Å². The largest absolute Gasteiger partial charge is 0.507 e. The fraction of sp³-hybridized carbons (Fsp3) is 0.517. The molecule has 1 saturated carbocycles. The van der Waals surface area contributed by atoms with E-state index in [1.54, 1.807) is 49.3 Å². The number of ether oxygens (including phenoxy) is 5. The SMILES string of the molecule is COc1c(N2CCN(C3CCN(C4=C5NC(=O)/C(C)=C\C=C\[C@@H](C)[C@H](O)[C@@H](C)[C@H](O)[C@@H](C)[C@@H](OC(C)=O)[C@H](C)[C@@H](OC)/C=C/O[C@@]6(C)Oc7c(C)c(O)c(c(c7C6=O)C4=O)C5=O)CC3)CC2)c(F)cc2c(=O)c(C(=O)O)cn(C3CC3)c12. The normalized spacial score (nSPS) is 29.5. The predicted molar refractivity (Wildman–Crippen MR) is 297 cm³/mol. The van der Waals surface area contributed by atoms with Crippen LogP contribution in [0.5, 0.6) is 17.2 Å². The van der Waals surface area contributed by atoms with Crippen LogP contribution >= 0.6 is 0 Å². The highest BCUT2D eigenvalue weighted by Gasteiger charge is 2.53.